The van der Waals surface area contributed by atoms with Crippen LogP contribution >= 0.6 is 11.3 Å². The Morgan fingerprint density at radius 1 is 1.15 bits per heavy atom. The second-order valence-electron chi connectivity index (χ2n) is 5.57. The summed E-state index contributed by atoms with van der Waals surface area (Å²) < 4.78 is 5.29. The van der Waals surface area contributed by atoms with Gasteiger partial charge in [-0.25, -0.2) is 0 Å². The second kappa shape index (κ2) is 7.32. The van der Waals surface area contributed by atoms with E-state index in [1.807, 2.05) is 47.8 Å². The van der Waals surface area contributed by atoms with Crippen LogP contribution in [-0.2, 0) is 6.54 Å². The normalized spacial score (nSPS) is 12.0. The summed E-state index contributed by atoms with van der Waals surface area (Å²) in [5.41, 5.74) is 1.20. The molecule has 0 aliphatic heterocycles. The molecule has 26 heavy (non-hydrogen) atoms. The minimum Gasteiger partial charge on any atom is -0.355 e. The van der Waals surface area contributed by atoms with Crippen LogP contribution in [0, 0.1) is 0 Å². The lowest BCUT2D eigenvalue weighted by molar-refractivity contribution is 0.0921. The van der Waals surface area contributed by atoms with Crippen LogP contribution in [0.3, 0.4) is 0 Å². The highest BCUT2D eigenvalue weighted by atomic mass is 32.1. The van der Waals surface area contributed by atoms with Gasteiger partial charge in [0.2, 0.25) is 0 Å². The number of carbonyl (C=O) groups is 1. The topological polar surface area (TPSA) is 85.8 Å². The van der Waals surface area contributed by atoms with Crippen molar-refractivity contribution in [1.29, 1.82) is 0 Å². The fraction of sp³-hybridized carbons (Fsp3) is 0.111. The van der Waals surface area contributed by atoms with E-state index in [0.29, 0.717) is 12.3 Å². The molecule has 1 amide bonds. The highest BCUT2D eigenvalue weighted by molar-refractivity contribution is 7.13. The van der Waals surface area contributed by atoms with E-state index in [2.05, 4.69) is 20.7 Å². The predicted molar refractivity (Wildman–Crippen MR) is 96.5 cm³/mol. The van der Waals surface area contributed by atoms with E-state index in [1.54, 1.807) is 18.5 Å². The van der Waals surface area contributed by atoms with E-state index < -0.39 is 0 Å². The molecular formula is C18H15N5O2S. The van der Waals surface area contributed by atoms with Gasteiger partial charge in [0.1, 0.15) is 0 Å². The Balaban J connectivity index is 1.54. The van der Waals surface area contributed by atoms with Gasteiger partial charge in [0.15, 0.2) is 11.5 Å². The van der Waals surface area contributed by atoms with E-state index in [4.69, 9.17) is 4.52 Å². The summed E-state index contributed by atoms with van der Waals surface area (Å²) in [5.74, 6) is 0.271. The molecule has 0 spiro atoms. The summed E-state index contributed by atoms with van der Waals surface area (Å²) in [6.45, 7) is 0.415. The first-order valence-electron chi connectivity index (χ1n) is 8.00. The quantitative estimate of drug-likeness (QED) is 0.567. The molecular weight excluding hydrogens is 350 g/mol. The number of rotatable bonds is 6. The standard InChI is InChI=1S/C18H15N5O2S/c24-18(14-11-16(25-22-14)17-7-4-10-26-17)21-15(12-23-19-8-9-20-23)13-5-2-1-3-6-13/h1-11,15H,12H2,(H,21,24). The van der Waals surface area contributed by atoms with Crippen LogP contribution < -0.4 is 5.32 Å². The fourth-order valence-electron chi connectivity index (χ4n) is 2.57. The molecule has 1 N–H and O–H groups in total. The molecule has 0 fully saturated rings. The van der Waals surface area contributed by atoms with Crippen LogP contribution in [0.2, 0.25) is 0 Å². The van der Waals surface area contributed by atoms with Gasteiger partial charge in [-0.15, -0.1) is 11.3 Å². The zero-order valence-corrected chi connectivity index (χ0v) is 14.5. The van der Waals surface area contributed by atoms with E-state index in [1.165, 1.54) is 16.1 Å². The van der Waals surface area contributed by atoms with Crippen molar-refractivity contribution in [3.8, 4) is 10.6 Å². The summed E-state index contributed by atoms with van der Waals surface area (Å²) in [7, 11) is 0. The molecule has 1 atom stereocenters. The van der Waals surface area contributed by atoms with Crippen LogP contribution in [0.4, 0.5) is 0 Å². The minimum atomic E-state index is -0.308. The van der Waals surface area contributed by atoms with Crippen molar-refractivity contribution in [2.75, 3.05) is 0 Å². The molecule has 4 rings (SSSR count). The maximum atomic E-state index is 12.7. The number of nitrogens with zero attached hydrogens (tertiary/aromatic N) is 4. The van der Waals surface area contributed by atoms with Gasteiger partial charge < -0.3 is 9.84 Å². The van der Waals surface area contributed by atoms with Crippen LogP contribution in [0.1, 0.15) is 22.1 Å². The SMILES string of the molecule is O=C(NC(Cn1nccn1)c1ccccc1)c1cc(-c2cccs2)on1. The molecule has 0 bridgehead atoms. The average molecular weight is 365 g/mol. The Morgan fingerprint density at radius 2 is 1.96 bits per heavy atom. The number of benzene rings is 1. The van der Waals surface area contributed by atoms with Crippen LogP contribution in [0.15, 0.2) is 70.8 Å². The molecule has 8 heteroatoms. The summed E-state index contributed by atoms with van der Waals surface area (Å²) >= 11 is 1.53. The van der Waals surface area contributed by atoms with Crippen molar-refractivity contribution in [2.24, 2.45) is 0 Å². The number of hydrogen-bond acceptors (Lipinski definition) is 6. The monoisotopic (exact) mass is 365 g/mol. The lowest BCUT2D eigenvalue weighted by Gasteiger charge is -2.18. The second-order valence-corrected chi connectivity index (χ2v) is 6.52. The van der Waals surface area contributed by atoms with Gasteiger partial charge in [0, 0.05) is 6.07 Å². The Hall–Kier alpha value is -3.26. The third-order valence-electron chi connectivity index (χ3n) is 3.83. The molecule has 4 aromatic rings. The number of nitrogens with one attached hydrogen (secondary N) is 1. The van der Waals surface area contributed by atoms with Crippen LogP contribution in [-0.4, -0.2) is 26.1 Å². The Labute approximate surface area is 153 Å². The zero-order chi connectivity index (χ0) is 17.8. The van der Waals surface area contributed by atoms with Gasteiger partial charge in [-0.05, 0) is 17.0 Å². The Kier molecular flexibility index (Phi) is 4.57. The van der Waals surface area contributed by atoms with Crippen molar-refractivity contribution in [1.82, 2.24) is 25.5 Å². The van der Waals surface area contributed by atoms with Crippen molar-refractivity contribution < 1.29 is 9.32 Å². The van der Waals surface area contributed by atoms with E-state index in [0.717, 1.165) is 10.4 Å². The number of thiophene rings is 1. The summed E-state index contributed by atoms with van der Waals surface area (Å²) in [6.07, 6.45) is 3.21. The molecule has 0 aliphatic carbocycles. The molecule has 0 aliphatic rings. The third-order valence-corrected chi connectivity index (χ3v) is 4.71. The Morgan fingerprint density at radius 3 is 2.69 bits per heavy atom. The maximum absolute atomic E-state index is 12.7. The lowest BCUT2D eigenvalue weighted by atomic mass is 10.1. The van der Waals surface area contributed by atoms with Crippen molar-refractivity contribution in [2.45, 2.75) is 12.6 Å². The smallest absolute Gasteiger partial charge is 0.274 e. The highest BCUT2D eigenvalue weighted by Crippen LogP contribution is 2.25. The maximum Gasteiger partial charge on any atom is 0.274 e. The number of amides is 1. The van der Waals surface area contributed by atoms with Gasteiger partial charge in [0.25, 0.3) is 5.91 Å². The zero-order valence-electron chi connectivity index (χ0n) is 13.6. The fourth-order valence-corrected chi connectivity index (χ4v) is 3.24. The Bertz CT molecular complexity index is 964. The minimum absolute atomic E-state index is 0.239. The van der Waals surface area contributed by atoms with Gasteiger partial charge in [-0.3, -0.25) is 4.79 Å². The number of carbonyl (C=O) groups excluding carboxylic acids is 1. The number of aromatic nitrogens is 4. The van der Waals surface area contributed by atoms with E-state index in [-0.39, 0.29) is 17.6 Å². The molecule has 0 saturated carbocycles. The number of hydrogen-bond donors (Lipinski definition) is 1. The molecule has 0 radical (unpaired) electrons. The van der Waals surface area contributed by atoms with E-state index >= 15 is 0 Å². The molecule has 130 valence electrons. The first kappa shape index (κ1) is 16.2. The van der Waals surface area contributed by atoms with E-state index in [9.17, 15) is 4.79 Å². The molecule has 1 unspecified atom stereocenters. The highest BCUT2D eigenvalue weighted by Gasteiger charge is 2.20. The average Bonchev–Trinajstić information content (AvgIpc) is 3.42. The summed E-state index contributed by atoms with van der Waals surface area (Å²) in [4.78, 5) is 15.1. The first-order chi connectivity index (χ1) is 12.8. The van der Waals surface area contributed by atoms with Crippen LogP contribution in [0.25, 0.3) is 10.6 Å². The summed E-state index contributed by atoms with van der Waals surface area (Å²) in [6, 6.07) is 14.9. The third kappa shape index (κ3) is 3.55. The molecule has 3 heterocycles. The van der Waals surface area contributed by atoms with Gasteiger partial charge in [-0.2, -0.15) is 15.0 Å². The van der Waals surface area contributed by atoms with Crippen molar-refractivity contribution in [3.05, 3.63) is 77.6 Å². The van der Waals surface area contributed by atoms with Crippen molar-refractivity contribution >= 4 is 17.2 Å². The molecule has 7 nitrogen and oxygen atoms in total. The van der Waals surface area contributed by atoms with Crippen molar-refractivity contribution in [3.63, 3.8) is 0 Å². The first-order valence-corrected chi connectivity index (χ1v) is 8.88. The lowest BCUT2D eigenvalue weighted by Crippen LogP contribution is -2.32. The molecule has 0 saturated heterocycles. The predicted octanol–water partition coefficient (Wildman–Crippen LogP) is 3.17. The molecule has 1 aromatic carbocycles. The van der Waals surface area contributed by atoms with Gasteiger partial charge in [0.05, 0.1) is 29.9 Å². The summed E-state index contributed by atoms with van der Waals surface area (Å²) in [5, 5.41) is 17.1. The van der Waals surface area contributed by atoms with Crippen LogP contribution in [0.5, 0.6) is 0 Å². The largest absolute Gasteiger partial charge is 0.355 e. The molecule has 3 aromatic heterocycles. The van der Waals surface area contributed by atoms with Gasteiger partial charge >= 0.3 is 0 Å². The van der Waals surface area contributed by atoms with Gasteiger partial charge in [-0.1, -0.05) is 41.6 Å².